The van der Waals surface area contributed by atoms with Gasteiger partial charge in [0.05, 0.1) is 5.56 Å². The van der Waals surface area contributed by atoms with Gasteiger partial charge in [-0.25, -0.2) is 0 Å². The second kappa shape index (κ2) is 5.21. The number of anilines is 1. The molecule has 16 heavy (non-hydrogen) atoms. The highest BCUT2D eigenvalue weighted by molar-refractivity contribution is 6.31. The minimum absolute atomic E-state index is 0.0279. The second-order valence-electron chi connectivity index (χ2n) is 4.19. The van der Waals surface area contributed by atoms with E-state index in [4.69, 9.17) is 11.6 Å². The van der Waals surface area contributed by atoms with Gasteiger partial charge in [0.1, 0.15) is 0 Å². The van der Waals surface area contributed by atoms with Crippen LogP contribution in [0.3, 0.4) is 0 Å². The number of halogens is 1. The van der Waals surface area contributed by atoms with Crippen LogP contribution in [-0.2, 0) is 0 Å². The quantitative estimate of drug-likeness (QED) is 0.881. The molecule has 0 atom stereocenters. The summed E-state index contributed by atoms with van der Waals surface area (Å²) < 4.78 is 0. The molecular weight excluding hydrogens is 224 g/mol. The number of hydrogen-bond acceptors (Lipinski definition) is 2. The molecule has 1 N–H and O–H groups in total. The predicted octanol–water partition coefficient (Wildman–Crippen LogP) is 2.86. The first-order valence-electron chi connectivity index (χ1n) is 5.19. The molecule has 1 aromatic rings. The molecule has 0 spiro atoms. The fourth-order valence-corrected chi connectivity index (χ4v) is 1.55. The third-order valence-corrected chi connectivity index (χ3v) is 2.30. The molecule has 0 aliphatic heterocycles. The van der Waals surface area contributed by atoms with Crippen LogP contribution in [0.1, 0.15) is 24.2 Å². The zero-order chi connectivity index (χ0) is 12.3. The molecule has 1 rings (SSSR count). The van der Waals surface area contributed by atoms with Gasteiger partial charge in [-0.15, -0.1) is 0 Å². The van der Waals surface area contributed by atoms with Gasteiger partial charge in [0, 0.05) is 30.8 Å². The molecule has 0 aliphatic rings. The zero-order valence-corrected chi connectivity index (χ0v) is 10.8. The molecule has 0 fully saturated rings. The summed E-state index contributed by atoms with van der Waals surface area (Å²) in [6.45, 7) is 4.04. The zero-order valence-electron chi connectivity index (χ0n) is 10.0. The lowest BCUT2D eigenvalue weighted by Gasteiger charge is -2.17. The van der Waals surface area contributed by atoms with Crippen molar-refractivity contribution in [2.24, 2.45) is 0 Å². The van der Waals surface area contributed by atoms with E-state index < -0.39 is 0 Å². The Balaban J connectivity index is 3.12. The highest BCUT2D eigenvalue weighted by Gasteiger charge is 2.14. The van der Waals surface area contributed by atoms with Crippen molar-refractivity contribution in [2.45, 2.75) is 19.9 Å². The van der Waals surface area contributed by atoms with E-state index in [1.54, 1.807) is 37.2 Å². The van der Waals surface area contributed by atoms with Gasteiger partial charge >= 0.3 is 0 Å². The van der Waals surface area contributed by atoms with E-state index >= 15 is 0 Å². The standard InChI is InChI=1S/C12H17ClN2O/c1-8(2)14-11-7-9(13)5-6-10(11)12(16)15(3)4/h5-8,14H,1-4H3. The highest BCUT2D eigenvalue weighted by Crippen LogP contribution is 2.22. The maximum atomic E-state index is 11.9. The molecule has 0 aliphatic carbocycles. The summed E-state index contributed by atoms with van der Waals surface area (Å²) in [5.41, 5.74) is 1.42. The van der Waals surface area contributed by atoms with Gasteiger partial charge in [-0.2, -0.15) is 0 Å². The summed E-state index contributed by atoms with van der Waals surface area (Å²) in [5, 5.41) is 3.84. The topological polar surface area (TPSA) is 32.3 Å². The van der Waals surface area contributed by atoms with Crippen molar-refractivity contribution in [2.75, 3.05) is 19.4 Å². The number of amides is 1. The van der Waals surface area contributed by atoms with Crippen molar-refractivity contribution >= 4 is 23.2 Å². The minimum Gasteiger partial charge on any atom is -0.382 e. The number of nitrogens with zero attached hydrogens (tertiary/aromatic N) is 1. The van der Waals surface area contributed by atoms with Crippen LogP contribution in [0.25, 0.3) is 0 Å². The monoisotopic (exact) mass is 240 g/mol. The van der Waals surface area contributed by atoms with Crippen LogP contribution in [0.2, 0.25) is 5.02 Å². The van der Waals surface area contributed by atoms with Crippen LogP contribution in [0.5, 0.6) is 0 Å². The number of hydrogen-bond donors (Lipinski definition) is 1. The minimum atomic E-state index is -0.0279. The molecular formula is C12H17ClN2O. The first kappa shape index (κ1) is 12.8. The van der Waals surface area contributed by atoms with E-state index in [1.165, 1.54) is 0 Å². The average Bonchev–Trinajstić information content (AvgIpc) is 2.15. The Labute approximate surface area is 101 Å². The smallest absolute Gasteiger partial charge is 0.255 e. The first-order valence-corrected chi connectivity index (χ1v) is 5.57. The molecule has 0 bridgehead atoms. The molecule has 0 aromatic heterocycles. The molecule has 0 unspecified atom stereocenters. The van der Waals surface area contributed by atoms with Crippen molar-refractivity contribution < 1.29 is 4.79 Å². The van der Waals surface area contributed by atoms with Crippen molar-refractivity contribution in [1.82, 2.24) is 4.90 Å². The fourth-order valence-electron chi connectivity index (χ4n) is 1.37. The molecule has 4 heteroatoms. The van der Waals surface area contributed by atoms with Crippen molar-refractivity contribution in [3.8, 4) is 0 Å². The van der Waals surface area contributed by atoms with Crippen LogP contribution in [-0.4, -0.2) is 30.9 Å². The largest absolute Gasteiger partial charge is 0.382 e. The Hall–Kier alpha value is -1.22. The molecule has 0 radical (unpaired) electrons. The Morgan fingerprint density at radius 3 is 2.50 bits per heavy atom. The summed E-state index contributed by atoms with van der Waals surface area (Å²) in [5.74, 6) is -0.0279. The molecule has 0 saturated carbocycles. The summed E-state index contributed by atoms with van der Waals surface area (Å²) in [4.78, 5) is 13.5. The van der Waals surface area contributed by atoms with E-state index in [0.717, 1.165) is 5.69 Å². The van der Waals surface area contributed by atoms with Gasteiger partial charge in [0.15, 0.2) is 0 Å². The van der Waals surface area contributed by atoms with Crippen LogP contribution in [0.4, 0.5) is 5.69 Å². The summed E-state index contributed by atoms with van der Waals surface area (Å²) in [6, 6.07) is 5.50. The van der Waals surface area contributed by atoms with Crippen molar-refractivity contribution in [3.05, 3.63) is 28.8 Å². The lowest BCUT2D eigenvalue weighted by molar-refractivity contribution is 0.0828. The molecule has 0 heterocycles. The van der Waals surface area contributed by atoms with E-state index in [2.05, 4.69) is 5.32 Å². The van der Waals surface area contributed by atoms with E-state index in [0.29, 0.717) is 10.6 Å². The molecule has 88 valence electrons. The second-order valence-corrected chi connectivity index (χ2v) is 4.62. The van der Waals surface area contributed by atoms with Gasteiger partial charge in [-0.1, -0.05) is 11.6 Å². The summed E-state index contributed by atoms with van der Waals surface area (Å²) in [6.07, 6.45) is 0. The average molecular weight is 241 g/mol. The van der Waals surface area contributed by atoms with E-state index in [1.807, 2.05) is 13.8 Å². The number of carbonyl (C=O) groups is 1. The number of nitrogens with one attached hydrogen (secondary N) is 1. The van der Waals surface area contributed by atoms with Crippen molar-refractivity contribution in [1.29, 1.82) is 0 Å². The Kier molecular flexibility index (Phi) is 4.19. The molecule has 1 amide bonds. The van der Waals surface area contributed by atoms with E-state index in [9.17, 15) is 4.79 Å². The van der Waals surface area contributed by atoms with Gasteiger partial charge in [-0.3, -0.25) is 4.79 Å². The molecule has 3 nitrogen and oxygen atoms in total. The Morgan fingerprint density at radius 1 is 1.38 bits per heavy atom. The van der Waals surface area contributed by atoms with Crippen LogP contribution in [0, 0.1) is 0 Å². The van der Waals surface area contributed by atoms with Crippen LogP contribution >= 0.6 is 11.6 Å². The predicted molar refractivity (Wildman–Crippen MR) is 68.2 cm³/mol. The SMILES string of the molecule is CC(C)Nc1cc(Cl)ccc1C(=O)N(C)C. The number of rotatable bonds is 3. The van der Waals surface area contributed by atoms with Gasteiger partial charge in [-0.05, 0) is 32.0 Å². The Morgan fingerprint density at radius 2 is 2.00 bits per heavy atom. The first-order chi connectivity index (χ1) is 7.41. The highest BCUT2D eigenvalue weighted by atomic mass is 35.5. The summed E-state index contributed by atoms with van der Waals surface area (Å²) in [7, 11) is 3.46. The normalized spacial score (nSPS) is 10.4. The van der Waals surface area contributed by atoms with Gasteiger partial charge in [0.25, 0.3) is 5.91 Å². The van der Waals surface area contributed by atoms with Crippen LogP contribution < -0.4 is 5.32 Å². The van der Waals surface area contributed by atoms with Crippen molar-refractivity contribution in [3.63, 3.8) is 0 Å². The summed E-state index contributed by atoms with van der Waals surface area (Å²) >= 11 is 5.92. The van der Waals surface area contributed by atoms with Gasteiger partial charge in [0.2, 0.25) is 0 Å². The third-order valence-electron chi connectivity index (χ3n) is 2.06. The lowest BCUT2D eigenvalue weighted by Crippen LogP contribution is -2.24. The van der Waals surface area contributed by atoms with Crippen LogP contribution in [0.15, 0.2) is 18.2 Å². The van der Waals surface area contributed by atoms with Gasteiger partial charge < -0.3 is 10.2 Å². The van der Waals surface area contributed by atoms with E-state index in [-0.39, 0.29) is 11.9 Å². The fraction of sp³-hybridized carbons (Fsp3) is 0.417. The molecule has 0 saturated heterocycles. The number of benzene rings is 1. The maximum Gasteiger partial charge on any atom is 0.255 e. The Bertz CT molecular complexity index is 389. The number of carbonyl (C=O) groups excluding carboxylic acids is 1. The third kappa shape index (κ3) is 3.14. The maximum absolute atomic E-state index is 11.9. The molecule has 1 aromatic carbocycles. The lowest BCUT2D eigenvalue weighted by atomic mass is 10.1.